The Labute approximate surface area is 221 Å². The molecule has 0 radical (unpaired) electrons. The second kappa shape index (κ2) is 11.1. The first-order chi connectivity index (χ1) is 18.2. The smallest absolute Gasteiger partial charge is 0.337 e. The number of nitrogens with one attached hydrogen (secondary N) is 1. The number of hydrogen-bond acceptors (Lipinski definition) is 8. The number of nitrogens with zero attached hydrogens (tertiary/aromatic N) is 1. The molecule has 1 aliphatic carbocycles. The van der Waals surface area contributed by atoms with Crippen molar-refractivity contribution in [3.63, 3.8) is 0 Å². The number of ether oxygens (including phenoxy) is 3. The molecule has 0 saturated heterocycles. The molecular weight excluding hydrogens is 488 g/mol. The number of dihydropyridines is 1. The fourth-order valence-corrected chi connectivity index (χ4v) is 5.10. The Bertz CT molecular complexity index is 1330. The molecule has 0 unspecified atom stereocenters. The van der Waals surface area contributed by atoms with Crippen LogP contribution in [0.25, 0.3) is 0 Å². The van der Waals surface area contributed by atoms with E-state index in [2.05, 4.69) is 5.32 Å². The van der Waals surface area contributed by atoms with E-state index in [1.54, 1.807) is 33.3 Å². The fourth-order valence-electron chi connectivity index (χ4n) is 5.10. The first-order valence-electron chi connectivity index (χ1n) is 12.6. The van der Waals surface area contributed by atoms with Crippen LogP contribution in [0.2, 0.25) is 0 Å². The Morgan fingerprint density at radius 1 is 1.08 bits per heavy atom. The molecule has 38 heavy (non-hydrogen) atoms. The van der Waals surface area contributed by atoms with Crippen molar-refractivity contribution in [2.45, 2.75) is 58.0 Å². The van der Waals surface area contributed by atoms with Crippen molar-refractivity contribution in [1.82, 2.24) is 5.32 Å². The number of methoxy groups -OCH3 is 2. The summed E-state index contributed by atoms with van der Waals surface area (Å²) in [5.74, 6) is -0.202. The SMILES string of the molecule is CC[C@H](C)OC(=O)C1=C(C)NC2=C(C(=O)C[C@H](c3ccc(OC)c(OC)c3)C2)[C@@H]1c1ccc([N+](=O)[O-])cc1. The van der Waals surface area contributed by atoms with Gasteiger partial charge in [-0.25, -0.2) is 4.79 Å². The number of allylic oxidation sites excluding steroid dienone is 3. The number of hydrogen-bond donors (Lipinski definition) is 1. The molecule has 0 saturated carbocycles. The monoisotopic (exact) mass is 520 g/mol. The third-order valence-corrected chi connectivity index (χ3v) is 7.25. The van der Waals surface area contributed by atoms with Gasteiger partial charge in [-0.15, -0.1) is 0 Å². The third-order valence-electron chi connectivity index (χ3n) is 7.25. The third kappa shape index (κ3) is 5.14. The van der Waals surface area contributed by atoms with E-state index in [0.29, 0.717) is 46.7 Å². The number of Topliss-reactive ketones (excluding diaryl/α,β-unsaturated/α-hetero) is 1. The molecule has 0 bridgehead atoms. The Morgan fingerprint density at radius 3 is 2.34 bits per heavy atom. The van der Waals surface area contributed by atoms with Crippen LogP contribution in [-0.2, 0) is 14.3 Å². The maximum Gasteiger partial charge on any atom is 0.337 e. The summed E-state index contributed by atoms with van der Waals surface area (Å²) in [6, 6.07) is 11.6. The van der Waals surface area contributed by atoms with Crippen LogP contribution in [0.15, 0.2) is 65.0 Å². The molecule has 3 atom stereocenters. The molecular formula is C29H32N2O7. The van der Waals surface area contributed by atoms with Crippen molar-refractivity contribution in [2.75, 3.05) is 14.2 Å². The summed E-state index contributed by atoms with van der Waals surface area (Å²) >= 11 is 0. The van der Waals surface area contributed by atoms with Gasteiger partial charge < -0.3 is 19.5 Å². The number of nitro groups is 1. The summed E-state index contributed by atoms with van der Waals surface area (Å²) < 4.78 is 16.5. The van der Waals surface area contributed by atoms with Gasteiger partial charge in [0, 0.05) is 41.4 Å². The molecule has 4 rings (SSSR count). The lowest BCUT2D eigenvalue weighted by Gasteiger charge is -2.37. The maximum absolute atomic E-state index is 13.8. The van der Waals surface area contributed by atoms with Crippen molar-refractivity contribution < 1.29 is 28.7 Å². The van der Waals surface area contributed by atoms with E-state index in [4.69, 9.17) is 14.2 Å². The quantitative estimate of drug-likeness (QED) is 0.283. The minimum absolute atomic E-state index is 0.0650. The van der Waals surface area contributed by atoms with Crippen LogP contribution in [0.4, 0.5) is 5.69 Å². The van der Waals surface area contributed by atoms with E-state index in [1.807, 2.05) is 32.0 Å². The lowest BCUT2D eigenvalue weighted by atomic mass is 9.71. The van der Waals surface area contributed by atoms with E-state index < -0.39 is 16.8 Å². The molecule has 1 heterocycles. The van der Waals surface area contributed by atoms with Crippen LogP contribution in [0.3, 0.4) is 0 Å². The van der Waals surface area contributed by atoms with Gasteiger partial charge in [-0.05, 0) is 55.9 Å². The lowest BCUT2D eigenvalue weighted by molar-refractivity contribution is -0.384. The summed E-state index contributed by atoms with van der Waals surface area (Å²) in [6.07, 6.45) is 1.14. The molecule has 2 aliphatic rings. The van der Waals surface area contributed by atoms with Gasteiger partial charge in [0.2, 0.25) is 0 Å². The molecule has 9 heteroatoms. The van der Waals surface area contributed by atoms with Crippen molar-refractivity contribution in [2.24, 2.45) is 0 Å². The van der Waals surface area contributed by atoms with Crippen LogP contribution in [0.5, 0.6) is 11.5 Å². The first-order valence-corrected chi connectivity index (χ1v) is 12.6. The largest absolute Gasteiger partial charge is 0.493 e. The zero-order valence-corrected chi connectivity index (χ0v) is 22.2. The second-order valence-electron chi connectivity index (χ2n) is 9.60. The van der Waals surface area contributed by atoms with E-state index in [9.17, 15) is 19.7 Å². The van der Waals surface area contributed by atoms with Crippen molar-refractivity contribution in [3.05, 3.63) is 86.2 Å². The van der Waals surface area contributed by atoms with Crippen molar-refractivity contribution >= 4 is 17.4 Å². The predicted octanol–water partition coefficient (Wildman–Crippen LogP) is 5.32. The van der Waals surface area contributed by atoms with E-state index in [-0.39, 0.29) is 29.9 Å². The molecule has 1 N–H and O–H groups in total. The fraction of sp³-hybridized carbons (Fsp3) is 0.379. The second-order valence-corrected chi connectivity index (χ2v) is 9.60. The number of esters is 1. The number of carbonyl (C=O) groups is 2. The average Bonchev–Trinajstić information content (AvgIpc) is 2.91. The summed E-state index contributed by atoms with van der Waals surface area (Å²) in [7, 11) is 3.14. The number of benzene rings is 2. The molecule has 0 fully saturated rings. The highest BCUT2D eigenvalue weighted by atomic mass is 16.6. The number of non-ortho nitro benzene ring substituents is 1. The molecule has 2 aromatic carbocycles. The van der Waals surface area contributed by atoms with Gasteiger partial charge in [0.1, 0.15) is 0 Å². The summed E-state index contributed by atoms with van der Waals surface area (Å²) in [5, 5.41) is 14.6. The van der Waals surface area contributed by atoms with Crippen LogP contribution in [0, 0.1) is 10.1 Å². The average molecular weight is 521 g/mol. The molecule has 0 amide bonds. The van der Waals surface area contributed by atoms with E-state index >= 15 is 0 Å². The molecule has 1 aliphatic heterocycles. The topological polar surface area (TPSA) is 117 Å². The highest BCUT2D eigenvalue weighted by molar-refractivity contribution is 6.04. The minimum Gasteiger partial charge on any atom is -0.493 e. The summed E-state index contributed by atoms with van der Waals surface area (Å²) in [4.78, 5) is 37.9. The number of rotatable bonds is 8. The number of ketones is 1. The zero-order valence-electron chi connectivity index (χ0n) is 22.2. The number of nitro benzene ring substituents is 1. The van der Waals surface area contributed by atoms with Gasteiger partial charge in [-0.1, -0.05) is 25.1 Å². The molecule has 2 aromatic rings. The van der Waals surface area contributed by atoms with Gasteiger partial charge in [-0.3, -0.25) is 14.9 Å². The van der Waals surface area contributed by atoms with E-state index in [1.165, 1.54) is 12.1 Å². The molecule has 200 valence electrons. The zero-order chi connectivity index (χ0) is 27.6. The van der Waals surface area contributed by atoms with Gasteiger partial charge in [0.05, 0.1) is 30.8 Å². The highest BCUT2D eigenvalue weighted by Gasteiger charge is 2.42. The van der Waals surface area contributed by atoms with Crippen LogP contribution in [-0.4, -0.2) is 37.0 Å². The molecule has 0 aromatic heterocycles. The number of carbonyl (C=O) groups excluding carboxylic acids is 2. The van der Waals surface area contributed by atoms with Crippen molar-refractivity contribution in [1.29, 1.82) is 0 Å². The highest BCUT2D eigenvalue weighted by Crippen LogP contribution is 2.46. The van der Waals surface area contributed by atoms with Crippen molar-refractivity contribution in [3.8, 4) is 11.5 Å². The maximum atomic E-state index is 13.8. The van der Waals surface area contributed by atoms with Gasteiger partial charge in [-0.2, -0.15) is 0 Å². The van der Waals surface area contributed by atoms with Crippen LogP contribution >= 0.6 is 0 Å². The predicted molar refractivity (Wildman–Crippen MR) is 141 cm³/mol. The Morgan fingerprint density at radius 2 is 1.74 bits per heavy atom. The standard InChI is InChI=1S/C29H32N2O7/c1-6-16(2)38-29(33)26-17(3)30-22-13-20(19-9-12-24(36-4)25(15-19)37-5)14-23(32)28(22)27(26)18-7-10-21(11-8-18)31(34)35/h7-12,15-16,20,27,30H,6,13-14H2,1-5H3/t16-,20+,27+/m0/s1. The van der Waals surface area contributed by atoms with Crippen LogP contribution < -0.4 is 14.8 Å². The Kier molecular flexibility index (Phi) is 7.85. The molecule has 9 nitrogen and oxygen atoms in total. The minimum atomic E-state index is -0.692. The first kappa shape index (κ1) is 26.9. The summed E-state index contributed by atoms with van der Waals surface area (Å²) in [5.41, 5.74) is 3.68. The van der Waals surface area contributed by atoms with Gasteiger partial charge in [0.25, 0.3) is 5.69 Å². The van der Waals surface area contributed by atoms with Gasteiger partial charge in [0.15, 0.2) is 17.3 Å². The summed E-state index contributed by atoms with van der Waals surface area (Å²) in [6.45, 7) is 5.53. The van der Waals surface area contributed by atoms with Crippen LogP contribution in [0.1, 0.15) is 63.0 Å². The van der Waals surface area contributed by atoms with E-state index in [0.717, 1.165) is 11.3 Å². The normalized spacial score (nSPS) is 19.9. The lowest BCUT2D eigenvalue weighted by Crippen LogP contribution is -2.36. The Hall–Kier alpha value is -4.14. The Balaban J connectivity index is 1.77. The van der Waals surface area contributed by atoms with Gasteiger partial charge >= 0.3 is 5.97 Å². The molecule has 0 spiro atoms.